The predicted octanol–water partition coefficient (Wildman–Crippen LogP) is 1.12. The van der Waals surface area contributed by atoms with Crippen LogP contribution in [-0.2, 0) is 4.79 Å². The number of aliphatic carboxylic acids is 1. The van der Waals surface area contributed by atoms with E-state index in [4.69, 9.17) is 20.3 Å². The van der Waals surface area contributed by atoms with Crippen molar-refractivity contribution in [3.8, 4) is 11.5 Å². The number of rotatable bonds is 4. The van der Waals surface area contributed by atoms with Crippen LogP contribution in [0.4, 0.5) is 0 Å². The summed E-state index contributed by atoms with van der Waals surface area (Å²) in [6, 6.07) is 1.50. The molecule has 7 heteroatoms. The van der Waals surface area contributed by atoms with Crippen LogP contribution in [0.5, 0.6) is 11.5 Å². The molecule has 0 saturated carbocycles. The highest BCUT2D eigenvalue weighted by Gasteiger charge is 2.31. The fraction of sp³-hybridized carbons (Fsp3) is 0.273. The second kappa shape index (κ2) is 4.95. The maximum atomic E-state index is 11.2. The van der Waals surface area contributed by atoms with E-state index >= 15 is 0 Å². The topological polar surface area (TPSA) is 98.9 Å². The SMILES string of the molecule is NCC(C(=O)O)c1c(Br)cc(C=O)c2c1OCO2. The summed E-state index contributed by atoms with van der Waals surface area (Å²) in [5.74, 6) is -1.45. The van der Waals surface area contributed by atoms with Gasteiger partial charge in [-0.05, 0) is 6.07 Å². The standard InChI is InChI=1S/C11H10BrNO5/c12-7-1-5(3-14)9-10(18-4-17-9)8(7)6(2-13)11(15)16/h1,3,6H,2,4,13H2,(H,15,16). The molecule has 1 heterocycles. The summed E-state index contributed by atoms with van der Waals surface area (Å²) >= 11 is 3.24. The van der Waals surface area contributed by atoms with E-state index < -0.39 is 11.9 Å². The Morgan fingerprint density at radius 1 is 1.56 bits per heavy atom. The Kier molecular flexibility index (Phi) is 3.53. The summed E-state index contributed by atoms with van der Waals surface area (Å²) in [6.07, 6.45) is 0.625. The zero-order valence-corrected chi connectivity index (χ0v) is 10.8. The van der Waals surface area contributed by atoms with Crippen LogP contribution >= 0.6 is 15.9 Å². The third-order valence-electron chi connectivity index (χ3n) is 2.67. The minimum Gasteiger partial charge on any atom is -0.481 e. The second-order valence-electron chi connectivity index (χ2n) is 3.67. The van der Waals surface area contributed by atoms with Gasteiger partial charge in [-0.1, -0.05) is 15.9 Å². The van der Waals surface area contributed by atoms with E-state index in [2.05, 4.69) is 15.9 Å². The van der Waals surface area contributed by atoms with Gasteiger partial charge in [-0.3, -0.25) is 9.59 Å². The molecule has 1 aliphatic heterocycles. The van der Waals surface area contributed by atoms with Gasteiger partial charge < -0.3 is 20.3 Å². The molecule has 0 aliphatic carbocycles. The number of nitrogens with two attached hydrogens (primary N) is 1. The van der Waals surface area contributed by atoms with Crippen LogP contribution in [0, 0.1) is 0 Å². The van der Waals surface area contributed by atoms with Gasteiger partial charge in [0.25, 0.3) is 0 Å². The van der Waals surface area contributed by atoms with E-state index in [1.165, 1.54) is 6.07 Å². The average Bonchev–Trinajstić information content (AvgIpc) is 2.80. The summed E-state index contributed by atoms with van der Waals surface area (Å²) in [5, 5.41) is 9.14. The van der Waals surface area contributed by atoms with E-state index in [9.17, 15) is 9.59 Å². The van der Waals surface area contributed by atoms with Crippen LogP contribution in [0.15, 0.2) is 10.5 Å². The van der Waals surface area contributed by atoms with E-state index in [-0.39, 0.29) is 24.8 Å². The van der Waals surface area contributed by atoms with Gasteiger partial charge in [0.2, 0.25) is 6.79 Å². The molecule has 6 nitrogen and oxygen atoms in total. The number of carbonyl (C=O) groups excluding carboxylic acids is 1. The highest BCUT2D eigenvalue weighted by molar-refractivity contribution is 9.10. The lowest BCUT2D eigenvalue weighted by Crippen LogP contribution is -2.22. The summed E-state index contributed by atoms with van der Waals surface area (Å²) in [5.41, 5.74) is 6.17. The molecule has 3 N–H and O–H groups in total. The van der Waals surface area contributed by atoms with Crippen LogP contribution in [0.3, 0.4) is 0 Å². The molecule has 0 saturated heterocycles. The van der Waals surface area contributed by atoms with Gasteiger partial charge in [0, 0.05) is 16.6 Å². The van der Waals surface area contributed by atoms with Gasteiger partial charge in [-0.15, -0.1) is 0 Å². The fourth-order valence-corrected chi connectivity index (χ4v) is 2.54. The lowest BCUT2D eigenvalue weighted by molar-refractivity contribution is -0.138. The average molecular weight is 316 g/mol. The Labute approximate surface area is 111 Å². The smallest absolute Gasteiger partial charge is 0.312 e. The molecule has 0 amide bonds. The van der Waals surface area contributed by atoms with Crippen molar-refractivity contribution < 1.29 is 24.2 Å². The molecule has 1 aromatic carbocycles. The predicted molar refractivity (Wildman–Crippen MR) is 65.1 cm³/mol. The zero-order chi connectivity index (χ0) is 13.3. The number of ether oxygens (including phenoxy) is 2. The number of carbonyl (C=O) groups is 2. The number of halogens is 1. The first-order valence-electron chi connectivity index (χ1n) is 5.10. The minimum absolute atomic E-state index is 0.0451. The Bertz CT molecular complexity index is 517. The molecule has 1 unspecified atom stereocenters. The van der Waals surface area contributed by atoms with Gasteiger partial charge in [0.1, 0.15) is 0 Å². The number of fused-ring (bicyclic) bond motifs is 1. The highest BCUT2D eigenvalue weighted by Crippen LogP contribution is 2.45. The monoisotopic (exact) mass is 315 g/mol. The third-order valence-corrected chi connectivity index (χ3v) is 3.32. The molecule has 18 heavy (non-hydrogen) atoms. The van der Waals surface area contributed by atoms with Crippen molar-refractivity contribution in [3.63, 3.8) is 0 Å². The van der Waals surface area contributed by atoms with Crippen molar-refractivity contribution in [1.82, 2.24) is 0 Å². The van der Waals surface area contributed by atoms with E-state index in [0.29, 0.717) is 21.9 Å². The van der Waals surface area contributed by atoms with E-state index in [1.807, 2.05) is 0 Å². The zero-order valence-electron chi connectivity index (χ0n) is 9.18. The van der Waals surface area contributed by atoms with Crippen molar-refractivity contribution in [2.75, 3.05) is 13.3 Å². The van der Waals surface area contributed by atoms with Gasteiger partial charge in [0.05, 0.1) is 11.5 Å². The molecule has 1 atom stereocenters. The summed E-state index contributed by atoms with van der Waals surface area (Å²) < 4.78 is 10.9. The first-order valence-corrected chi connectivity index (χ1v) is 5.89. The van der Waals surface area contributed by atoms with Gasteiger partial charge >= 0.3 is 5.97 Å². The molecule has 0 bridgehead atoms. The molecule has 0 spiro atoms. The van der Waals surface area contributed by atoms with Crippen molar-refractivity contribution in [2.24, 2.45) is 5.73 Å². The first-order chi connectivity index (χ1) is 8.60. The summed E-state index contributed by atoms with van der Waals surface area (Å²) in [4.78, 5) is 22.1. The lowest BCUT2D eigenvalue weighted by atomic mass is 9.96. The molecule has 2 rings (SSSR count). The summed E-state index contributed by atoms with van der Waals surface area (Å²) in [7, 11) is 0. The van der Waals surface area contributed by atoms with Crippen molar-refractivity contribution >= 4 is 28.2 Å². The molecular formula is C11H10BrNO5. The number of carboxylic acid groups (broad SMARTS) is 1. The largest absolute Gasteiger partial charge is 0.481 e. The molecule has 0 aromatic heterocycles. The van der Waals surface area contributed by atoms with Crippen molar-refractivity contribution in [3.05, 3.63) is 21.7 Å². The Morgan fingerprint density at radius 2 is 2.22 bits per heavy atom. The second-order valence-corrected chi connectivity index (χ2v) is 4.52. The number of aldehydes is 1. The fourth-order valence-electron chi connectivity index (χ4n) is 1.84. The van der Waals surface area contributed by atoms with Crippen LogP contribution in [0.1, 0.15) is 21.8 Å². The lowest BCUT2D eigenvalue weighted by Gasteiger charge is -2.15. The number of benzene rings is 1. The normalized spacial score (nSPS) is 14.3. The van der Waals surface area contributed by atoms with Crippen molar-refractivity contribution in [1.29, 1.82) is 0 Å². The molecular weight excluding hydrogens is 306 g/mol. The van der Waals surface area contributed by atoms with Gasteiger partial charge in [-0.25, -0.2) is 0 Å². The molecule has 1 aliphatic rings. The summed E-state index contributed by atoms with van der Waals surface area (Å²) in [6.45, 7) is -0.124. The van der Waals surface area contributed by atoms with Crippen LogP contribution in [0.2, 0.25) is 0 Å². The maximum Gasteiger partial charge on any atom is 0.312 e. The number of carboxylic acids is 1. The quantitative estimate of drug-likeness (QED) is 0.808. The van der Waals surface area contributed by atoms with Gasteiger partial charge in [0.15, 0.2) is 17.8 Å². The molecule has 0 radical (unpaired) electrons. The number of hydrogen-bond acceptors (Lipinski definition) is 5. The Morgan fingerprint density at radius 3 is 2.78 bits per heavy atom. The van der Waals surface area contributed by atoms with Crippen LogP contribution in [0.25, 0.3) is 0 Å². The Hall–Kier alpha value is -1.60. The van der Waals surface area contributed by atoms with Gasteiger partial charge in [-0.2, -0.15) is 0 Å². The van der Waals surface area contributed by atoms with Crippen LogP contribution in [-0.4, -0.2) is 30.7 Å². The highest BCUT2D eigenvalue weighted by atomic mass is 79.9. The van der Waals surface area contributed by atoms with E-state index in [1.54, 1.807) is 0 Å². The minimum atomic E-state index is -1.06. The molecule has 96 valence electrons. The van der Waals surface area contributed by atoms with E-state index in [0.717, 1.165) is 0 Å². The molecule has 0 fully saturated rings. The Balaban J connectivity index is 2.65. The first kappa shape index (κ1) is 12.8. The number of hydrogen-bond donors (Lipinski definition) is 2. The van der Waals surface area contributed by atoms with Crippen LogP contribution < -0.4 is 15.2 Å². The maximum absolute atomic E-state index is 11.2. The molecule has 1 aromatic rings. The third kappa shape index (κ3) is 1.95. The van der Waals surface area contributed by atoms with Crippen molar-refractivity contribution in [2.45, 2.75) is 5.92 Å².